The van der Waals surface area contributed by atoms with Gasteiger partial charge in [0.15, 0.2) is 5.75 Å². The van der Waals surface area contributed by atoms with Gasteiger partial charge in [-0.1, -0.05) is 6.92 Å². The maximum Gasteiger partial charge on any atom is 0.329 e. The lowest BCUT2D eigenvalue weighted by Gasteiger charge is -2.09. The summed E-state index contributed by atoms with van der Waals surface area (Å²) in [5, 5.41) is 26.5. The van der Waals surface area contributed by atoms with E-state index < -0.39 is 28.2 Å². The van der Waals surface area contributed by atoms with Gasteiger partial charge in [0, 0.05) is 17.7 Å². The Morgan fingerprint density at radius 1 is 1.46 bits per heavy atom. The molecule has 24 heavy (non-hydrogen) atoms. The number of nitrogens with one attached hydrogen (secondary N) is 2. The Balaban J connectivity index is 2.84. The van der Waals surface area contributed by atoms with Crippen LogP contribution in [-0.4, -0.2) is 41.2 Å². The van der Waals surface area contributed by atoms with E-state index >= 15 is 0 Å². The molecule has 0 aliphatic heterocycles. The number of carbonyl (C=O) groups excluding carboxylic acids is 2. The zero-order valence-electron chi connectivity index (χ0n) is 13.4. The number of carbonyl (C=O) groups is 2. The number of hydrazone groups is 1. The van der Waals surface area contributed by atoms with Gasteiger partial charge in [-0.05, 0) is 19.4 Å². The maximum absolute atomic E-state index is 11.5. The smallest absolute Gasteiger partial charge is 0.329 e. The van der Waals surface area contributed by atoms with Crippen molar-refractivity contribution in [3.8, 4) is 11.5 Å². The van der Waals surface area contributed by atoms with Crippen LogP contribution in [0.25, 0.3) is 0 Å². The average molecular weight is 338 g/mol. The van der Waals surface area contributed by atoms with E-state index in [1.54, 1.807) is 6.92 Å². The summed E-state index contributed by atoms with van der Waals surface area (Å²) in [5.41, 5.74) is 1.63. The number of phenols is 1. The van der Waals surface area contributed by atoms with Crippen molar-refractivity contribution < 1.29 is 24.4 Å². The fourth-order valence-corrected chi connectivity index (χ4v) is 1.59. The van der Waals surface area contributed by atoms with Gasteiger partial charge in [0.05, 0.1) is 18.2 Å². The summed E-state index contributed by atoms with van der Waals surface area (Å²) in [4.78, 5) is 33.1. The minimum absolute atomic E-state index is 0.119. The molecule has 0 saturated heterocycles. The van der Waals surface area contributed by atoms with Gasteiger partial charge < -0.3 is 15.2 Å². The molecule has 10 heteroatoms. The van der Waals surface area contributed by atoms with Crippen molar-refractivity contribution in [3.05, 3.63) is 27.8 Å². The van der Waals surface area contributed by atoms with Crippen LogP contribution in [0.3, 0.4) is 0 Å². The Labute approximate surface area is 137 Å². The molecule has 2 amide bonds. The van der Waals surface area contributed by atoms with Crippen molar-refractivity contribution in [2.45, 2.75) is 26.3 Å². The second-order valence-corrected chi connectivity index (χ2v) is 4.83. The van der Waals surface area contributed by atoms with E-state index in [2.05, 4.69) is 10.4 Å². The molecule has 0 saturated carbocycles. The second-order valence-electron chi connectivity index (χ2n) is 4.83. The zero-order chi connectivity index (χ0) is 18.3. The van der Waals surface area contributed by atoms with E-state index in [9.17, 15) is 24.8 Å². The number of hydrogen-bond acceptors (Lipinski definition) is 7. The van der Waals surface area contributed by atoms with Crippen molar-refractivity contribution in [1.82, 2.24) is 10.7 Å². The highest BCUT2D eigenvalue weighted by molar-refractivity contribution is 6.35. The first-order valence-corrected chi connectivity index (χ1v) is 6.99. The number of rotatable bonds is 6. The Bertz CT molecular complexity index is 673. The molecule has 0 aromatic heterocycles. The number of ether oxygens (including phenoxy) is 1. The number of methoxy groups -OCH3 is 1. The third kappa shape index (κ3) is 4.93. The van der Waals surface area contributed by atoms with Gasteiger partial charge in [0.2, 0.25) is 5.75 Å². The molecule has 130 valence electrons. The van der Waals surface area contributed by atoms with Crippen molar-refractivity contribution in [2.24, 2.45) is 5.10 Å². The van der Waals surface area contributed by atoms with Gasteiger partial charge in [-0.25, -0.2) is 5.43 Å². The van der Waals surface area contributed by atoms with Gasteiger partial charge in [0.25, 0.3) is 0 Å². The lowest BCUT2D eigenvalue weighted by Crippen LogP contribution is -2.41. The van der Waals surface area contributed by atoms with Crippen LogP contribution in [0.15, 0.2) is 17.2 Å². The van der Waals surface area contributed by atoms with Gasteiger partial charge in [-0.3, -0.25) is 19.7 Å². The quantitative estimate of drug-likeness (QED) is 0.301. The number of benzene rings is 1. The molecular weight excluding hydrogens is 320 g/mol. The van der Waals surface area contributed by atoms with Crippen molar-refractivity contribution >= 4 is 23.7 Å². The molecule has 1 aromatic carbocycles. The number of aromatic hydroxyl groups is 1. The summed E-state index contributed by atoms with van der Waals surface area (Å²) in [5.74, 6) is -2.54. The molecule has 1 atom stereocenters. The first-order valence-electron chi connectivity index (χ1n) is 6.99. The molecule has 3 N–H and O–H groups in total. The fourth-order valence-electron chi connectivity index (χ4n) is 1.59. The minimum atomic E-state index is -0.966. The van der Waals surface area contributed by atoms with Crippen molar-refractivity contribution in [3.63, 3.8) is 0 Å². The molecule has 1 rings (SSSR count). The number of nitrogens with zero attached hydrogens (tertiary/aromatic N) is 2. The Morgan fingerprint density at radius 3 is 2.67 bits per heavy atom. The molecule has 0 radical (unpaired) electrons. The SMILES string of the molecule is CC[C@@H](C)NC(=O)C(=O)N/N=C\c1cc(OC)c(O)c([N+](=O)[O-])c1. The summed E-state index contributed by atoms with van der Waals surface area (Å²) in [6, 6.07) is 2.18. The van der Waals surface area contributed by atoms with Crippen LogP contribution in [0.2, 0.25) is 0 Å². The van der Waals surface area contributed by atoms with Crippen LogP contribution < -0.4 is 15.5 Å². The molecule has 0 spiro atoms. The van der Waals surface area contributed by atoms with Crippen LogP contribution in [0, 0.1) is 10.1 Å². The van der Waals surface area contributed by atoms with Crippen LogP contribution in [0.4, 0.5) is 5.69 Å². The fraction of sp³-hybridized carbons (Fsp3) is 0.357. The topological polar surface area (TPSA) is 143 Å². The molecular formula is C14H18N4O6. The first-order chi connectivity index (χ1) is 11.3. The van der Waals surface area contributed by atoms with Gasteiger partial charge >= 0.3 is 17.5 Å². The van der Waals surface area contributed by atoms with Gasteiger partial charge in [-0.2, -0.15) is 5.10 Å². The molecule has 0 bridgehead atoms. The Kier molecular flexibility index (Phi) is 6.65. The Hall–Kier alpha value is -3.17. The summed E-state index contributed by atoms with van der Waals surface area (Å²) < 4.78 is 4.83. The number of nitro benzene ring substituents is 1. The predicted octanol–water partition coefficient (Wildman–Crippen LogP) is 0.674. The average Bonchev–Trinajstić information content (AvgIpc) is 2.55. The van der Waals surface area contributed by atoms with Crippen LogP contribution in [0.5, 0.6) is 11.5 Å². The number of amides is 2. The van der Waals surface area contributed by atoms with Crippen molar-refractivity contribution in [2.75, 3.05) is 7.11 Å². The molecule has 0 aliphatic carbocycles. The lowest BCUT2D eigenvalue weighted by atomic mass is 10.2. The van der Waals surface area contributed by atoms with Crippen LogP contribution in [0.1, 0.15) is 25.8 Å². The highest BCUT2D eigenvalue weighted by atomic mass is 16.6. The third-order valence-electron chi connectivity index (χ3n) is 3.07. The number of nitro groups is 1. The van der Waals surface area contributed by atoms with Crippen LogP contribution in [-0.2, 0) is 9.59 Å². The molecule has 10 nitrogen and oxygen atoms in total. The Morgan fingerprint density at radius 2 is 2.12 bits per heavy atom. The molecule has 0 aliphatic rings. The normalized spacial score (nSPS) is 11.8. The zero-order valence-corrected chi connectivity index (χ0v) is 13.4. The lowest BCUT2D eigenvalue weighted by molar-refractivity contribution is -0.386. The highest BCUT2D eigenvalue weighted by Gasteiger charge is 2.19. The molecule has 0 fully saturated rings. The standard InChI is InChI=1S/C14H18N4O6/c1-4-8(2)16-13(20)14(21)17-15-7-9-5-10(18(22)23)12(19)11(6-9)24-3/h5-8,19H,4H2,1-3H3,(H,16,20)(H,17,21)/b15-7-/t8-/m1/s1. The first kappa shape index (κ1) is 18.9. The van der Waals surface area contributed by atoms with E-state index in [0.29, 0.717) is 6.42 Å². The number of phenolic OH excluding ortho intramolecular Hbond substituents is 1. The second kappa shape index (κ2) is 8.46. The van der Waals surface area contributed by atoms with Gasteiger partial charge in [-0.15, -0.1) is 0 Å². The predicted molar refractivity (Wildman–Crippen MR) is 84.9 cm³/mol. The van der Waals surface area contributed by atoms with Crippen molar-refractivity contribution in [1.29, 1.82) is 0 Å². The number of hydrogen-bond donors (Lipinski definition) is 3. The van der Waals surface area contributed by atoms with E-state index in [4.69, 9.17) is 4.74 Å². The van der Waals surface area contributed by atoms with Crippen LogP contribution >= 0.6 is 0 Å². The van der Waals surface area contributed by atoms with E-state index in [-0.39, 0.29) is 17.4 Å². The third-order valence-corrected chi connectivity index (χ3v) is 3.07. The largest absolute Gasteiger partial charge is 0.500 e. The molecule has 0 heterocycles. The summed E-state index contributed by atoms with van der Waals surface area (Å²) in [7, 11) is 1.24. The molecule has 1 aromatic rings. The molecule has 0 unspecified atom stereocenters. The maximum atomic E-state index is 11.5. The highest BCUT2D eigenvalue weighted by Crippen LogP contribution is 2.36. The van der Waals surface area contributed by atoms with E-state index in [1.807, 2.05) is 12.3 Å². The minimum Gasteiger partial charge on any atom is -0.500 e. The summed E-state index contributed by atoms with van der Waals surface area (Å²) in [6.45, 7) is 3.60. The monoisotopic (exact) mass is 338 g/mol. The summed E-state index contributed by atoms with van der Waals surface area (Å²) >= 11 is 0. The van der Waals surface area contributed by atoms with E-state index in [1.165, 1.54) is 13.2 Å². The summed E-state index contributed by atoms with van der Waals surface area (Å²) in [6.07, 6.45) is 1.75. The van der Waals surface area contributed by atoms with Gasteiger partial charge in [0.1, 0.15) is 0 Å². The van der Waals surface area contributed by atoms with E-state index in [0.717, 1.165) is 12.3 Å².